The smallest absolute Gasteiger partial charge is 0.204 e. The number of anilines is 1. The lowest BCUT2D eigenvalue weighted by atomic mass is 10.4. The molecule has 0 saturated carbocycles. The maximum atomic E-state index is 7.11. The van der Waals surface area contributed by atoms with Crippen molar-refractivity contribution >= 4 is 22.5 Å². The number of hydrogen-bond acceptors (Lipinski definition) is 5. The Morgan fingerprint density at radius 3 is 3.00 bits per heavy atom. The van der Waals surface area contributed by atoms with Crippen molar-refractivity contribution in [3.63, 3.8) is 0 Å². The summed E-state index contributed by atoms with van der Waals surface area (Å²) < 4.78 is 3.92. The predicted molar refractivity (Wildman–Crippen MR) is 54.3 cm³/mol. The highest BCUT2D eigenvalue weighted by Crippen LogP contribution is 2.13. The zero-order chi connectivity index (χ0) is 9.68. The second kappa shape index (κ2) is 4.76. The molecule has 0 amide bonds. The molecule has 0 unspecified atom stereocenters. The summed E-state index contributed by atoms with van der Waals surface area (Å²) in [6.07, 6.45) is 2.11. The van der Waals surface area contributed by atoms with Gasteiger partial charge in [-0.15, -0.1) is 0 Å². The lowest BCUT2D eigenvalue weighted by molar-refractivity contribution is 0.826. The van der Waals surface area contributed by atoms with E-state index >= 15 is 0 Å². The van der Waals surface area contributed by atoms with E-state index < -0.39 is 0 Å². The van der Waals surface area contributed by atoms with E-state index in [1.807, 2.05) is 6.92 Å². The van der Waals surface area contributed by atoms with Crippen molar-refractivity contribution in [2.24, 2.45) is 5.73 Å². The molecule has 1 rings (SSSR count). The number of amidine groups is 1. The molecule has 72 valence electrons. The van der Waals surface area contributed by atoms with Gasteiger partial charge in [-0.3, -0.25) is 5.41 Å². The van der Waals surface area contributed by atoms with Gasteiger partial charge < -0.3 is 10.6 Å². The third-order valence-corrected chi connectivity index (χ3v) is 2.38. The van der Waals surface area contributed by atoms with E-state index in [-0.39, 0.29) is 5.84 Å². The summed E-state index contributed by atoms with van der Waals surface area (Å²) in [4.78, 5) is 6.14. The Labute approximate surface area is 81.3 Å². The Morgan fingerprint density at radius 2 is 2.54 bits per heavy atom. The normalized spacial score (nSPS) is 9.92. The molecule has 0 aromatic carbocycles. The van der Waals surface area contributed by atoms with Gasteiger partial charge >= 0.3 is 0 Å². The predicted octanol–water partition coefficient (Wildman–Crippen LogP) is 0.690. The topological polar surface area (TPSA) is 78.9 Å². The fourth-order valence-corrected chi connectivity index (χ4v) is 1.57. The maximum absolute atomic E-state index is 7.11. The molecule has 1 aromatic heterocycles. The fourth-order valence-electron chi connectivity index (χ4n) is 0.951. The molecule has 0 aliphatic carbocycles. The van der Waals surface area contributed by atoms with Crippen LogP contribution in [-0.4, -0.2) is 28.3 Å². The number of nitrogens with two attached hydrogens (primary N) is 1. The van der Waals surface area contributed by atoms with Gasteiger partial charge in [0.1, 0.15) is 6.33 Å². The molecule has 1 aromatic rings. The summed E-state index contributed by atoms with van der Waals surface area (Å²) in [6, 6.07) is 0. The molecule has 0 aliphatic heterocycles. The molecule has 0 fully saturated rings. The van der Waals surface area contributed by atoms with Crippen LogP contribution in [0.1, 0.15) is 13.3 Å². The maximum Gasteiger partial charge on any atom is 0.204 e. The first-order valence-electron chi connectivity index (χ1n) is 4.08. The number of hydrogen-bond donors (Lipinski definition) is 2. The van der Waals surface area contributed by atoms with E-state index in [2.05, 4.69) is 14.3 Å². The zero-order valence-electron chi connectivity index (χ0n) is 7.53. The minimum Gasteiger partial charge on any atom is -0.388 e. The minimum atomic E-state index is 0.211. The standard InChI is InChI=1S/C7H13N5S/c1-2-12(4-3-6(8)9)7-10-5-11-13-7/h5H,2-4H2,1H3,(H3,8,9). The molecule has 6 heteroatoms. The van der Waals surface area contributed by atoms with Crippen LogP contribution in [-0.2, 0) is 0 Å². The summed E-state index contributed by atoms with van der Waals surface area (Å²) in [6.45, 7) is 3.64. The molecule has 0 radical (unpaired) electrons. The Hall–Kier alpha value is -1.17. The molecule has 0 bridgehead atoms. The van der Waals surface area contributed by atoms with E-state index in [4.69, 9.17) is 11.1 Å². The molecule has 13 heavy (non-hydrogen) atoms. The van der Waals surface area contributed by atoms with Crippen molar-refractivity contribution < 1.29 is 0 Å². The average Bonchev–Trinajstić information content (AvgIpc) is 2.58. The van der Waals surface area contributed by atoms with Crippen LogP contribution in [0.2, 0.25) is 0 Å². The minimum absolute atomic E-state index is 0.211. The number of nitrogens with one attached hydrogen (secondary N) is 1. The number of aromatic nitrogens is 2. The van der Waals surface area contributed by atoms with Gasteiger partial charge in [-0.05, 0) is 6.92 Å². The molecule has 3 N–H and O–H groups in total. The highest BCUT2D eigenvalue weighted by Gasteiger charge is 2.06. The van der Waals surface area contributed by atoms with Gasteiger partial charge in [-0.2, -0.15) is 4.37 Å². The van der Waals surface area contributed by atoms with E-state index in [1.54, 1.807) is 0 Å². The van der Waals surface area contributed by atoms with Crippen molar-refractivity contribution in [2.45, 2.75) is 13.3 Å². The van der Waals surface area contributed by atoms with E-state index in [0.29, 0.717) is 6.42 Å². The van der Waals surface area contributed by atoms with Gasteiger partial charge in [-0.1, -0.05) is 0 Å². The Morgan fingerprint density at radius 1 is 1.77 bits per heavy atom. The lowest BCUT2D eigenvalue weighted by Gasteiger charge is -2.18. The van der Waals surface area contributed by atoms with Gasteiger partial charge in [0.15, 0.2) is 0 Å². The van der Waals surface area contributed by atoms with Crippen molar-refractivity contribution in [3.8, 4) is 0 Å². The molecule has 5 nitrogen and oxygen atoms in total. The van der Waals surface area contributed by atoms with Gasteiger partial charge in [0.05, 0.1) is 5.84 Å². The monoisotopic (exact) mass is 199 g/mol. The average molecular weight is 199 g/mol. The summed E-state index contributed by atoms with van der Waals surface area (Å²) >= 11 is 1.36. The molecule has 0 atom stereocenters. The third-order valence-electron chi connectivity index (χ3n) is 1.65. The van der Waals surface area contributed by atoms with E-state index in [0.717, 1.165) is 18.2 Å². The second-order valence-corrected chi connectivity index (χ2v) is 3.34. The Kier molecular flexibility index (Phi) is 3.63. The van der Waals surface area contributed by atoms with Crippen LogP contribution >= 0.6 is 11.5 Å². The second-order valence-electron chi connectivity index (χ2n) is 2.58. The van der Waals surface area contributed by atoms with Crippen LogP contribution in [0.3, 0.4) is 0 Å². The van der Waals surface area contributed by atoms with Crippen LogP contribution in [0.5, 0.6) is 0 Å². The summed E-state index contributed by atoms with van der Waals surface area (Å²) in [5.41, 5.74) is 5.27. The zero-order valence-corrected chi connectivity index (χ0v) is 8.34. The van der Waals surface area contributed by atoms with Gasteiger partial charge in [-0.25, -0.2) is 4.98 Å². The fraction of sp³-hybridized carbons (Fsp3) is 0.571. The molecule has 0 aliphatic rings. The van der Waals surface area contributed by atoms with Crippen molar-refractivity contribution in [2.75, 3.05) is 18.0 Å². The number of rotatable bonds is 5. The SMILES string of the molecule is CCN(CCC(=N)N)c1ncns1. The van der Waals surface area contributed by atoms with Gasteiger partial charge in [0.2, 0.25) is 5.13 Å². The molecular formula is C7H13N5S. The molecule has 0 saturated heterocycles. The quantitative estimate of drug-likeness (QED) is 0.540. The van der Waals surface area contributed by atoms with Crippen molar-refractivity contribution in [3.05, 3.63) is 6.33 Å². The van der Waals surface area contributed by atoms with Gasteiger partial charge in [0, 0.05) is 31.0 Å². The van der Waals surface area contributed by atoms with Crippen LogP contribution < -0.4 is 10.6 Å². The Balaban J connectivity index is 2.49. The van der Waals surface area contributed by atoms with Crippen LogP contribution in [0.25, 0.3) is 0 Å². The van der Waals surface area contributed by atoms with Crippen molar-refractivity contribution in [1.82, 2.24) is 9.36 Å². The highest BCUT2D eigenvalue weighted by atomic mass is 32.1. The highest BCUT2D eigenvalue weighted by molar-refractivity contribution is 7.09. The van der Waals surface area contributed by atoms with Crippen LogP contribution in [0.15, 0.2) is 6.33 Å². The van der Waals surface area contributed by atoms with E-state index in [1.165, 1.54) is 17.9 Å². The lowest BCUT2D eigenvalue weighted by Crippen LogP contribution is -2.27. The molecule has 1 heterocycles. The molecular weight excluding hydrogens is 186 g/mol. The van der Waals surface area contributed by atoms with E-state index in [9.17, 15) is 0 Å². The summed E-state index contributed by atoms with van der Waals surface area (Å²) in [5, 5.41) is 8.00. The first-order chi connectivity index (χ1) is 6.24. The van der Waals surface area contributed by atoms with Crippen molar-refractivity contribution in [1.29, 1.82) is 5.41 Å². The van der Waals surface area contributed by atoms with Gasteiger partial charge in [0.25, 0.3) is 0 Å². The first-order valence-corrected chi connectivity index (χ1v) is 4.86. The Bertz CT molecular complexity index is 258. The van der Waals surface area contributed by atoms with Crippen LogP contribution in [0, 0.1) is 5.41 Å². The third kappa shape index (κ3) is 2.98. The van der Waals surface area contributed by atoms with Crippen LogP contribution in [0.4, 0.5) is 5.13 Å². The largest absolute Gasteiger partial charge is 0.388 e. The molecule has 0 spiro atoms. The summed E-state index contributed by atoms with van der Waals surface area (Å²) in [7, 11) is 0. The number of nitrogens with zero attached hydrogens (tertiary/aromatic N) is 3. The summed E-state index contributed by atoms with van der Waals surface area (Å²) in [5.74, 6) is 0.211. The first kappa shape index (κ1) is 9.91.